The second-order valence-electron chi connectivity index (χ2n) is 4.32. The van der Waals surface area contributed by atoms with Gasteiger partial charge < -0.3 is 16.0 Å². The molecule has 8 heteroatoms. The Kier molecular flexibility index (Phi) is 4.34. The van der Waals surface area contributed by atoms with Gasteiger partial charge in [0.05, 0.1) is 11.6 Å². The third-order valence-electron chi connectivity index (χ3n) is 2.74. The van der Waals surface area contributed by atoms with E-state index in [0.717, 1.165) is 5.39 Å². The van der Waals surface area contributed by atoms with Crippen LogP contribution in [0.4, 0.5) is 11.8 Å². The second kappa shape index (κ2) is 6.18. The number of H-pyrrole nitrogens is 1. The van der Waals surface area contributed by atoms with Crippen molar-refractivity contribution < 1.29 is 4.79 Å². The summed E-state index contributed by atoms with van der Waals surface area (Å²) < 4.78 is 0. The molecule has 108 valence electrons. The Balaban J connectivity index is 2.27. The fraction of sp³-hybridized carbons (Fsp3) is 0.500. The van der Waals surface area contributed by atoms with Gasteiger partial charge in [0.1, 0.15) is 11.9 Å². The molecule has 2 rings (SSSR count). The lowest BCUT2D eigenvalue weighted by Crippen LogP contribution is -2.37. The fourth-order valence-corrected chi connectivity index (χ4v) is 1.78. The summed E-state index contributed by atoms with van der Waals surface area (Å²) in [6, 6.07) is -0.391. The van der Waals surface area contributed by atoms with Crippen LogP contribution in [0.3, 0.4) is 0 Å². The van der Waals surface area contributed by atoms with E-state index in [2.05, 4.69) is 36.1 Å². The van der Waals surface area contributed by atoms with Gasteiger partial charge >= 0.3 is 0 Å². The molecule has 0 bridgehead atoms. The number of nitrogens with one attached hydrogen (secondary N) is 4. The van der Waals surface area contributed by atoms with Crippen LogP contribution in [0.5, 0.6) is 0 Å². The van der Waals surface area contributed by atoms with Gasteiger partial charge in [0.25, 0.3) is 0 Å². The van der Waals surface area contributed by atoms with E-state index in [0.29, 0.717) is 30.5 Å². The monoisotopic (exact) mass is 277 g/mol. The molecular formula is C12H19N7O. The summed E-state index contributed by atoms with van der Waals surface area (Å²) in [7, 11) is 0. The van der Waals surface area contributed by atoms with E-state index in [9.17, 15) is 4.79 Å². The van der Waals surface area contributed by atoms with Crippen LogP contribution in [0.2, 0.25) is 0 Å². The number of aromatic amines is 1. The Morgan fingerprint density at radius 1 is 1.35 bits per heavy atom. The van der Waals surface area contributed by atoms with Crippen LogP contribution in [0.1, 0.15) is 20.8 Å². The highest BCUT2D eigenvalue weighted by Gasteiger charge is 2.15. The van der Waals surface area contributed by atoms with Crippen LogP contribution in [-0.2, 0) is 4.79 Å². The summed E-state index contributed by atoms with van der Waals surface area (Å²) in [5.41, 5.74) is 0.626. The largest absolute Gasteiger partial charge is 0.358 e. The maximum atomic E-state index is 11.8. The van der Waals surface area contributed by atoms with Crippen LogP contribution in [0, 0.1) is 0 Å². The molecule has 0 fully saturated rings. The number of aromatic nitrogens is 4. The quantitative estimate of drug-likeness (QED) is 0.620. The molecule has 1 unspecified atom stereocenters. The lowest BCUT2D eigenvalue weighted by Gasteiger charge is -2.15. The number of amides is 1. The number of carbonyl (C=O) groups is 1. The van der Waals surface area contributed by atoms with E-state index in [1.165, 1.54) is 0 Å². The summed E-state index contributed by atoms with van der Waals surface area (Å²) in [5, 5.41) is 16.4. The van der Waals surface area contributed by atoms with E-state index < -0.39 is 6.04 Å². The normalized spacial score (nSPS) is 12.2. The first kappa shape index (κ1) is 14.0. The predicted molar refractivity (Wildman–Crippen MR) is 77.6 cm³/mol. The van der Waals surface area contributed by atoms with Crippen molar-refractivity contribution in [2.45, 2.75) is 26.8 Å². The third-order valence-corrected chi connectivity index (χ3v) is 2.74. The number of carbonyl (C=O) groups excluding carboxylic acids is 1. The molecule has 0 spiro atoms. The van der Waals surface area contributed by atoms with Crippen LogP contribution >= 0.6 is 0 Å². The standard InChI is InChI=1S/C12H19N7O/c1-4-13-11(20)7(3)16-9-8-6-15-19-10(8)18-12(17-9)14-5-2/h6-7H,4-5H2,1-3H3,(H,13,20)(H3,14,15,16,17,18,19). The van der Waals surface area contributed by atoms with Gasteiger partial charge in [0.15, 0.2) is 5.65 Å². The lowest BCUT2D eigenvalue weighted by molar-refractivity contribution is -0.121. The number of nitrogens with zero attached hydrogens (tertiary/aromatic N) is 3. The minimum absolute atomic E-state index is 0.0762. The summed E-state index contributed by atoms with van der Waals surface area (Å²) in [5.74, 6) is 1.00. The number of hydrogen-bond acceptors (Lipinski definition) is 6. The van der Waals surface area contributed by atoms with Crippen molar-refractivity contribution in [3.8, 4) is 0 Å². The SMILES string of the molecule is CCNC(=O)C(C)Nc1nc(NCC)nc2[nH]ncc12. The Bertz CT molecular complexity index is 595. The molecule has 2 aromatic heterocycles. The minimum Gasteiger partial charge on any atom is -0.358 e. The van der Waals surface area contributed by atoms with Crippen LogP contribution in [-0.4, -0.2) is 45.2 Å². The summed E-state index contributed by atoms with van der Waals surface area (Å²) in [6.07, 6.45) is 1.64. The summed E-state index contributed by atoms with van der Waals surface area (Å²) >= 11 is 0. The van der Waals surface area contributed by atoms with Crippen molar-refractivity contribution in [3.05, 3.63) is 6.20 Å². The van der Waals surface area contributed by atoms with Crippen molar-refractivity contribution >= 4 is 28.7 Å². The van der Waals surface area contributed by atoms with E-state index in [1.807, 2.05) is 13.8 Å². The van der Waals surface area contributed by atoms with Gasteiger partial charge in [-0.1, -0.05) is 0 Å². The molecule has 8 nitrogen and oxygen atoms in total. The van der Waals surface area contributed by atoms with Gasteiger partial charge in [-0.2, -0.15) is 15.1 Å². The first-order valence-corrected chi connectivity index (χ1v) is 6.65. The molecule has 20 heavy (non-hydrogen) atoms. The number of hydrogen-bond donors (Lipinski definition) is 4. The molecule has 0 saturated carbocycles. The molecule has 0 aliphatic heterocycles. The van der Waals surface area contributed by atoms with Crippen molar-refractivity contribution in [2.75, 3.05) is 23.7 Å². The van der Waals surface area contributed by atoms with Crippen molar-refractivity contribution in [2.24, 2.45) is 0 Å². The minimum atomic E-state index is -0.391. The number of fused-ring (bicyclic) bond motifs is 1. The molecule has 2 heterocycles. The molecule has 4 N–H and O–H groups in total. The van der Waals surface area contributed by atoms with Crippen LogP contribution < -0.4 is 16.0 Å². The van der Waals surface area contributed by atoms with Crippen molar-refractivity contribution in [1.29, 1.82) is 0 Å². The van der Waals surface area contributed by atoms with Gasteiger partial charge in [0, 0.05) is 13.1 Å². The van der Waals surface area contributed by atoms with Crippen LogP contribution in [0.25, 0.3) is 11.0 Å². The number of anilines is 2. The first-order valence-electron chi connectivity index (χ1n) is 6.65. The summed E-state index contributed by atoms with van der Waals surface area (Å²) in [6.45, 7) is 6.94. The van der Waals surface area contributed by atoms with Gasteiger partial charge in [-0.05, 0) is 20.8 Å². The Labute approximate surface area is 116 Å². The van der Waals surface area contributed by atoms with E-state index in [1.54, 1.807) is 13.1 Å². The van der Waals surface area contributed by atoms with Gasteiger partial charge in [-0.3, -0.25) is 9.89 Å². The zero-order valence-electron chi connectivity index (χ0n) is 11.8. The lowest BCUT2D eigenvalue weighted by atomic mass is 10.3. The van der Waals surface area contributed by atoms with E-state index in [-0.39, 0.29) is 5.91 Å². The molecule has 0 radical (unpaired) electrons. The second-order valence-corrected chi connectivity index (χ2v) is 4.32. The number of likely N-dealkylation sites (N-methyl/N-ethyl adjacent to an activating group) is 1. The molecular weight excluding hydrogens is 258 g/mol. The highest BCUT2D eigenvalue weighted by atomic mass is 16.2. The van der Waals surface area contributed by atoms with Gasteiger partial charge in [-0.25, -0.2) is 0 Å². The molecule has 0 aliphatic rings. The maximum Gasteiger partial charge on any atom is 0.242 e. The van der Waals surface area contributed by atoms with E-state index in [4.69, 9.17) is 0 Å². The maximum absolute atomic E-state index is 11.8. The Morgan fingerprint density at radius 2 is 2.15 bits per heavy atom. The smallest absolute Gasteiger partial charge is 0.242 e. The predicted octanol–water partition coefficient (Wildman–Crippen LogP) is 0.721. The van der Waals surface area contributed by atoms with Crippen molar-refractivity contribution in [3.63, 3.8) is 0 Å². The molecule has 2 aromatic rings. The third kappa shape index (κ3) is 2.95. The van der Waals surface area contributed by atoms with Crippen LogP contribution in [0.15, 0.2) is 6.20 Å². The van der Waals surface area contributed by atoms with E-state index >= 15 is 0 Å². The Hall–Kier alpha value is -2.38. The molecule has 1 amide bonds. The van der Waals surface area contributed by atoms with Crippen molar-refractivity contribution in [1.82, 2.24) is 25.5 Å². The summed E-state index contributed by atoms with van der Waals surface area (Å²) in [4.78, 5) is 20.4. The molecule has 0 aliphatic carbocycles. The molecule has 0 aromatic carbocycles. The highest BCUT2D eigenvalue weighted by Crippen LogP contribution is 2.20. The first-order chi connectivity index (χ1) is 9.65. The van der Waals surface area contributed by atoms with Gasteiger partial charge in [0.2, 0.25) is 11.9 Å². The topological polar surface area (TPSA) is 108 Å². The highest BCUT2D eigenvalue weighted by molar-refractivity contribution is 5.90. The Morgan fingerprint density at radius 3 is 2.85 bits per heavy atom. The van der Waals surface area contributed by atoms with Gasteiger partial charge in [-0.15, -0.1) is 0 Å². The zero-order chi connectivity index (χ0) is 14.5. The molecule has 1 atom stereocenters. The molecule has 0 saturated heterocycles. The average Bonchev–Trinajstić information content (AvgIpc) is 2.87. The fourth-order valence-electron chi connectivity index (χ4n) is 1.78. The zero-order valence-corrected chi connectivity index (χ0v) is 11.8. The average molecular weight is 277 g/mol. The number of rotatable bonds is 6.